The van der Waals surface area contributed by atoms with Crippen molar-refractivity contribution in [2.75, 3.05) is 53.1 Å². The van der Waals surface area contributed by atoms with Gasteiger partial charge in [-0.2, -0.15) is 0 Å². The van der Waals surface area contributed by atoms with Crippen LogP contribution in [0.2, 0.25) is 0 Å². The van der Waals surface area contributed by atoms with Crippen LogP contribution < -0.4 is 5.32 Å². The van der Waals surface area contributed by atoms with Gasteiger partial charge < -0.3 is 15.1 Å². The molecule has 4 heterocycles. The van der Waals surface area contributed by atoms with Crippen molar-refractivity contribution in [2.45, 2.75) is 24.4 Å². The Morgan fingerprint density at radius 1 is 1.16 bits per heavy atom. The van der Waals surface area contributed by atoms with Gasteiger partial charge in [-0.05, 0) is 42.8 Å². The number of carbonyl (C=O) groups is 1. The molecule has 2 unspecified atom stereocenters. The number of hydrogen-bond acceptors (Lipinski definition) is 6. The van der Waals surface area contributed by atoms with Gasteiger partial charge in [-0.25, -0.2) is 9.38 Å². The lowest BCUT2D eigenvalue weighted by Gasteiger charge is -2.36. The van der Waals surface area contributed by atoms with Crippen molar-refractivity contribution in [3.63, 3.8) is 0 Å². The summed E-state index contributed by atoms with van der Waals surface area (Å²) in [6.07, 6.45) is 7.91. The third-order valence-corrected chi connectivity index (χ3v) is 7.75. The number of anilines is 1. The fourth-order valence-corrected chi connectivity index (χ4v) is 5.57. The lowest BCUT2D eigenvalue weighted by Crippen LogP contribution is -2.43. The van der Waals surface area contributed by atoms with E-state index in [0.717, 1.165) is 41.4 Å². The number of fused-ring (bicyclic) bond motifs is 1. The molecule has 0 radical (unpaired) electrons. The summed E-state index contributed by atoms with van der Waals surface area (Å²) in [6.45, 7) is 1.90. The third-order valence-electron chi connectivity index (χ3n) is 7.75. The first kappa shape index (κ1) is 25.1. The number of allylic oxidation sites excluding steroid dienone is 1. The number of amidine groups is 1. The maximum Gasteiger partial charge on any atom is 0.253 e. The zero-order chi connectivity index (χ0) is 26.1. The molecule has 1 N–H and O–H groups in total. The van der Waals surface area contributed by atoms with Crippen molar-refractivity contribution in [3.8, 4) is 0 Å². The molecule has 3 aliphatic heterocycles. The summed E-state index contributed by atoms with van der Waals surface area (Å²) in [5.41, 5.74) is 4.75. The summed E-state index contributed by atoms with van der Waals surface area (Å²) in [5.74, 6) is 1.07. The van der Waals surface area contributed by atoms with Crippen LogP contribution in [0.4, 0.5) is 10.1 Å². The van der Waals surface area contributed by atoms with E-state index in [0.29, 0.717) is 18.7 Å². The van der Waals surface area contributed by atoms with Crippen LogP contribution in [-0.2, 0) is 0 Å². The Balaban J connectivity index is 1.24. The fourth-order valence-electron chi connectivity index (χ4n) is 5.57. The minimum absolute atomic E-state index is 0.0412. The van der Waals surface area contributed by atoms with Crippen molar-refractivity contribution in [1.82, 2.24) is 19.7 Å². The highest BCUT2D eigenvalue weighted by molar-refractivity contribution is 5.94. The number of alkyl halides is 1. The van der Waals surface area contributed by atoms with Crippen molar-refractivity contribution in [2.24, 2.45) is 10.9 Å². The van der Waals surface area contributed by atoms with Gasteiger partial charge in [0.1, 0.15) is 12.0 Å². The highest BCUT2D eigenvalue weighted by Gasteiger charge is 2.37. The monoisotopic (exact) mass is 502 g/mol. The van der Waals surface area contributed by atoms with Gasteiger partial charge in [-0.15, -0.1) is 0 Å². The Hall–Kier alpha value is -3.52. The van der Waals surface area contributed by atoms with Gasteiger partial charge in [0.25, 0.3) is 5.91 Å². The van der Waals surface area contributed by atoms with Crippen molar-refractivity contribution < 1.29 is 9.18 Å². The van der Waals surface area contributed by atoms with E-state index in [4.69, 9.17) is 0 Å². The van der Waals surface area contributed by atoms with E-state index in [-0.39, 0.29) is 23.7 Å². The summed E-state index contributed by atoms with van der Waals surface area (Å²) < 4.78 is 15.4. The number of piperidine rings is 1. The number of rotatable bonds is 6. The number of likely N-dealkylation sites (N-methyl/N-ethyl adjacent to an activating group) is 1. The average molecular weight is 503 g/mol. The highest BCUT2D eigenvalue weighted by atomic mass is 19.1. The number of aromatic nitrogens is 1. The fraction of sp³-hybridized carbons (Fsp3) is 0.414. The summed E-state index contributed by atoms with van der Waals surface area (Å²) >= 11 is 0. The zero-order valence-electron chi connectivity index (χ0n) is 21.9. The second-order valence-electron chi connectivity index (χ2n) is 10.3. The molecule has 0 saturated carbocycles. The van der Waals surface area contributed by atoms with Crippen molar-refractivity contribution in [3.05, 3.63) is 83.5 Å². The van der Waals surface area contributed by atoms with E-state index in [2.05, 4.69) is 50.4 Å². The summed E-state index contributed by atoms with van der Waals surface area (Å²) in [4.78, 5) is 27.4. The van der Waals surface area contributed by atoms with Crippen LogP contribution in [0.3, 0.4) is 0 Å². The summed E-state index contributed by atoms with van der Waals surface area (Å²) in [7, 11) is 7.40. The molecule has 4 atom stereocenters. The lowest BCUT2D eigenvalue weighted by atomic mass is 9.87. The number of nitrogens with one attached hydrogen (secondary N) is 1. The molecule has 1 fully saturated rings. The Morgan fingerprint density at radius 3 is 2.59 bits per heavy atom. The van der Waals surface area contributed by atoms with Gasteiger partial charge in [-0.1, -0.05) is 24.3 Å². The van der Waals surface area contributed by atoms with Gasteiger partial charge in [0.05, 0.1) is 11.9 Å². The summed E-state index contributed by atoms with van der Waals surface area (Å²) in [5, 5.41) is 3.12. The van der Waals surface area contributed by atoms with Gasteiger partial charge >= 0.3 is 0 Å². The molecular formula is C29H35FN6O. The number of nitrogens with zero attached hydrogens (tertiary/aromatic N) is 5. The number of likely N-dealkylation sites (tertiary alicyclic amines) is 1. The largest absolute Gasteiger partial charge is 0.387 e. The first-order valence-corrected chi connectivity index (χ1v) is 12.9. The Kier molecular flexibility index (Phi) is 7.11. The number of carbonyl (C=O) groups excluding carboxylic acids is 1. The van der Waals surface area contributed by atoms with Crippen LogP contribution in [0, 0.1) is 5.92 Å². The molecule has 0 aliphatic carbocycles. The van der Waals surface area contributed by atoms with Crippen LogP contribution in [0.25, 0.3) is 0 Å². The molecule has 194 valence electrons. The Bertz CT molecular complexity index is 1220. The van der Waals surface area contributed by atoms with E-state index < -0.39 is 6.17 Å². The quantitative estimate of drug-likeness (QED) is 0.644. The van der Waals surface area contributed by atoms with Crippen LogP contribution >= 0.6 is 0 Å². The lowest BCUT2D eigenvalue weighted by molar-refractivity contribution is 0.0827. The molecule has 0 spiro atoms. The molecule has 2 aromatic rings. The Morgan fingerprint density at radius 2 is 1.95 bits per heavy atom. The molecule has 7 nitrogen and oxygen atoms in total. The predicted molar refractivity (Wildman–Crippen MR) is 146 cm³/mol. The number of hydrogen-bond donors (Lipinski definition) is 1. The molecular weight excluding hydrogens is 467 g/mol. The van der Waals surface area contributed by atoms with Crippen LogP contribution in [-0.4, -0.2) is 85.4 Å². The zero-order valence-corrected chi connectivity index (χ0v) is 21.9. The topological polar surface area (TPSA) is 64.1 Å². The van der Waals surface area contributed by atoms with Crippen LogP contribution in [0.1, 0.15) is 39.9 Å². The molecule has 1 aromatic carbocycles. The highest BCUT2D eigenvalue weighted by Crippen LogP contribution is 2.38. The van der Waals surface area contributed by atoms with E-state index >= 15 is 4.39 Å². The van der Waals surface area contributed by atoms with E-state index in [1.54, 1.807) is 19.0 Å². The molecule has 1 amide bonds. The van der Waals surface area contributed by atoms with Crippen molar-refractivity contribution in [1.29, 1.82) is 0 Å². The second-order valence-corrected chi connectivity index (χ2v) is 10.3. The molecule has 8 heteroatoms. The second kappa shape index (κ2) is 10.5. The number of halogens is 1. The normalized spacial score (nSPS) is 25.4. The number of benzene rings is 1. The van der Waals surface area contributed by atoms with E-state index in [9.17, 15) is 4.79 Å². The van der Waals surface area contributed by atoms with Crippen molar-refractivity contribution >= 4 is 17.4 Å². The predicted octanol–water partition coefficient (Wildman–Crippen LogP) is 4.11. The SMILES string of the molecule is CNc1ccc(C2C=CN=C3C2C=C(CN2CC[C@@H](c4ccc(C(=O)N(C)C)cc4)[C@H](F)C2)N3C)nc1. The molecule has 1 saturated heterocycles. The van der Waals surface area contributed by atoms with Crippen LogP contribution in [0.15, 0.2) is 71.6 Å². The maximum absolute atomic E-state index is 15.4. The third kappa shape index (κ3) is 5.03. The maximum atomic E-state index is 15.4. The first-order valence-electron chi connectivity index (χ1n) is 12.9. The molecule has 3 aliphatic rings. The van der Waals surface area contributed by atoms with Gasteiger partial charge in [0.15, 0.2) is 0 Å². The van der Waals surface area contributed by atoms with Crippen LogP contribution in [0.5, 0.6) is 0 Å². The number of aliphatic imine (C=N–C) groups is 1. The minimum atomic E-state index is -0.958. The van der Waals surface area contributed by atoms with Gasteiger partial charge in [-0.3, -0.25) is 14.7 Å². The minimum Gasteiger partial charge on any atom is -0.387 e. The first-order chi connectivity index (χ1) is 17.9. The number of amides is 1. The van der Waals surface area contributed by atoms with Gasteiger partial charge in [0.2, 0.25) is 0 Å². The Labute approximate surface area is 218 Å². The van der Waals surface area contributed by atoms with Gasteiger partial charge in [0, 0.05) is 82.2 Å². The summed E-state index contributed by atoms with van der Waals surface area (Å²) in [6, 6.07) is 11.5. The molecule has 0 bridgehead atoms. The molecule has 1 aromatic heterocycles. The number of pyridine rings is 1. The smallest absolute Gasteiger partial charge is 0.253 e. The average Bonchev–Trinajstić information content (AvgIpc) is 3.23. The molecule has 37 heavy (non-hydrogen) atoms. The standard InChI is InChI=1S/C29H35FN6O/c1-31-21-9-10-27(33-16-21)24-11-13-32-28-25(24)15-22(35(28)4)17-36-14-12-23(26(30)18-36)19-5-7-20(8-6-19)29(37)34(2)3/h5-11,13,15-16,23-26,31H,12,14,17-18H2,1-4H3/t23-,24?,25?,26+/m0/s1. The van der Waals surface area contributed by atoms with E-state index in [1.165, 1.54) is 0 Å². The van der Waals surface area contributed by atoms with E-state index in [1.807, 2.05) is 49.8 Å². The molecule has 5 rings (SSSR count).